The first-order valence-electron chi connectivity index (χ1n) is 10.4. The first-order chi connectivity index (χ1) is 15.5. The molecule has 2 bridgehead atoms. The average molecular weight is 432 g/mol. The number of carboxylic acids is 1. The number of H-pyrrole nitrogens is 1. The van der Waals surface area contributed by atoms with Crippen LogP contribution in [0.5, 0.6) is 5.75 Å². The normalized spacial score (nSPS) is 20.2. The van der Waals surface area contributed by atoms with Gasteiger partial charge in [-0.15, -0.1) is 0 Å². The van der Waals surface area contributed by atoms with Gasteiger partial charge in [0.25, 0.3) is 0 Å². The third kappa shape index (κ3) is 3.31. The summed E-state index contributed by atoms with van der Waals surface area (Å²) in [6.45, 7) is 0.0441. The standard InChI is InChI=1S/C24H21FN4O3/c1-32-21-5-2-15(25)8-18(21)23-14(10-26)11-27-24-19(23)9-20(28-24)13-6-16-3-4-17(7-13)29(16)12-22(30)31/h2,5-6,8-9,11,16-17H,3-4,7,12H2,1H3,(H,27,28)(H,30,31). The summed E-state index contributed by atoms with van der Waals surface area (Å²) in [5.74, 6) is -0.765. The van der Waals surface area contributed by atoms with Gasteiger partial charge in [0.15, 0.2) is 0 Å². The molecule has 2 aromatic heterocycles. The Morgan fingerprint density at radius 2 is 2.25 bits per heavy atom. The number of fused-ring (bicyclic) bond motifs is 3. The van der Waals surface area contributed by atoms with Gasteiger partial charge in [-0.2, -0.15) is 5.26 Å². The second-order valence-corrected chi connectivity index (χ2v) is 8.21. The molecule has 2 aliphatic rings. The minimum absolute atomic E-state index is 0.0441. The molecule has 0 saturated carbocycles. The molecule has 8 heteroatoms. The highest BCUT2D eigenvalue weighted by atomic mass is 19.1. The molecule has 2 atom stereocenters. The molecule has 32 heavy (non-hydrogen) atoms. The average Bonchev–Trinajstić information content (AvgIpc) is 3.29. The quantitative estimate of drug-likeness (QED) is 0.633. The monoisotopic (exact) mass is 432 g/mol. The molecule has 0 amide bonds. The predicted molar refractivity (Wildman–Crippen MR) is 117 cm³/mol. The smallest absolute Gasteiger partial charge is 0.317 e. The Morgan fingerprint density at radius 3 is 2.97 bits per heavy atom. The first kappa shape index (κ1) is 20.2. The van der Waals surface area contributed by atoms with E-state index in [-0.39, 0.29) is 18.6 Å². The number of nitrogens with zero attached hydrogens (tertiary/aromatic N) is 3. The molecule has 7 nitrogen and oxygen atoms in total. The van der Waals surface area contributed by atoms with Crippen LogP contribution >= 0.6 is 0 Å². The number of aliphatic carboxylic acids is 1. The van der Waals surface area contributed by atoms with E-state index in [4.69, 9.17) is 4.74 Å². The van der Waals surface area contributed by atoms with Crippen molar-refractivity contribution >= 4 is 22.6 Å². The first-order valence-corrected chi connectivity index (χ1v) is 10.4. The summed E-state index contributed by atoms with van der Waals surface area (Å²) in [6, 6.07) is 8.62. The van der Waals surface area contributed by atoms with E-state index in [0.29, 0.717) is 33.5 Å². The Bertz CT molecular complexity index is 1310. The van der Waals surface area contributed by atoms with Crippen LogP contribution in [0.3, 0.4) is 0 Å². The molecule has 2 N–H and O–H groups in total. The fourth-order valence-corrected chi connectivity index (χ4v) is 5.02. The van der Waals surface area contributed by atoms with E-state index in [9.17, 15) is 19.6 Å². The maximum Gasteiger partial charge on any atom is 0.317 e. The molecule has 1 fully saturated rings. The minimum Gasteiger partial charge on any atom is -0.496 e. The lowest BCUT2D eigenvalue weighted by Gasteiger charge is -2.32. The second-order valence-electron chi connectivity index (χ2n) is 8.21. The number of methoxy groups -OCH3 is 1. The van der Waals surface area contributed by atoms with Gasteiger partial charge in [-0.05, 0) is 49.1 Å². The van der Waals surface area contributed by atoms with Crippen molar-refractivity contribution in [2.75, 3.05) is 13.7 Å². The molecule has 2 unspecified atom stereocenters. The van der Waals surface area contributed by atoms with E-state index >= 15 is 0 Å². The van der Waals surface area contributed by atoms with Crippen LogP contribution in [0.2, 0.25) is 0 Å². The number of rotatable bonds is 5. The van der Waals surface area contributed by atoms with Crippen LogP contribution in [-0.2, 0) is 4.79 Å². The van der Waals surface area contributed by atoms with Crippen LogP contribution in [0.1, 0.15) is 30.5 Å². The van der Waals surface area contributed by atoms with Gasteiger partial charge in [0.2, 0.25) is 0 Å². The minimum atomic E-state index is -0.814. The molecule has 1 aromatic carbocycles. The van der Waals surface area contributed by atoms with Crippen molar-refractivity contribution in [2.24, 2.45) is 0 Å². The van der Waals surface area contributed by atoms with Crippen LogP contribution in [0, 0.1) is 17.1 Å². The van der Waals surface area contributed by atoms with Crippen LogP contribution in [0.4, 0.5) is 4.39 Å². The summed E-state index contributed by atoms with van der Waals surface area (Å²) < 4.78 is 19.5. The fraction of sp³-hybridized carbons (Fsp3) is 0.292. The molecule has 0 spiro atoms. The van der Waals surface area contributed by atoms with Crippen LogP contribution in [0.25, 0.3) is 27.7 Å². The van der Waals surface area contributed by atoms with Gasteiger partial charge in [-0.1, -0.05) is 6.08 Å². The topological polar surface area (TPSA) is 102 Å². The van der Waals surface area contributed by atoms with Crippen LogP contribution in [-0.4, -0.2) is 51.7 Å². The Hall–Kier alpha value is -3.70. The van der Waals surface area contributed by atoms with E-state index in [1.807, 2.05) is 11.0 Å². The fourth-order valence-electron chi connectivity index (χ4n) is 5.02. The highest BCUT2D eigenvalue weighted by Gasteiger charge is 2.38. The summed E-state index contributed by atoms with van der Waals surface area (Å²) in [5, 5.41) is 19.6. The van der Waals surface area contributed by atoms with Gasteiger partial charge in [-0.25, -0.2) is 9.37 Å². The molecule has 4 heterocycles. The SMILES string of the molecule is COc1ccc(F)cc1-c1c(C#N)cnc2[nH]c(C3=CC4CCC(C3)N4CC(=O)O)cc12. The zero-order chi connectivity index (χ0) is 22.4. The third-order valence-electron chi connectivity index (χ3n) is 6.41. The number of ether oxygens (including phenoxy) is 1. The number of hydrogen-bond acceptors (Lipinski definition) is 5. The zero-order valence-electron chi connectivity index (χ0n) is 17.4. The maximum atomic E-state index is 14.1. The number of hydrogen-bond donors (Lipinski definition) is 2. The zero-order valence-corrected chi connectivity index (χ0v) is 17.4. The van der Waals surface area contributed by atoms with Gasteiger partial charge in [0, 0.05) is 40.5 Å². The van der Waals surface area contributed by atoms with Crippen molar-refractivity contribution in [1.29, 1.82) is 5.26 Å². The summed E-state index contributed by atoms with van der Waals surface area (Å²) in [6.07, 6.45) is 6.24. The highest BCUT2D eigenvalue weighted by Crippen LogP contribution is 2.41. The van der Waals surface area contributed by atoms with Gasteiger partial charge in [-0.3, -0.25) is 9.69 Å². The van der Waals surface area contributed by atoms with Crippen molar-refractivity contribution in [3.63, 3.8) is 0 Å². The summed E-state index contributed by atoms with van der Waals surface area (Å²) in [4.78, 5) is 21.0. The Labute approximate surface area is 183 Å². The van der Waals surface area contributed by atoms with Crippen molar-refractivity contribution < 1.29 is 19.0 Å². The van der Waals surface area contributed by atoms with Gasteiger partial charge in [0.1, 0.15) is 23.3 Å². The second kappa shape index (κ2) is 7.77. The number of carbonyl (C=O) groups is 1. The number of nitriles is 1. The van der Waals surface area contributed by atoms with Gasteiger partial charge >= 0.3 is 5.97 Å². The van der Waals surface area contributed by atoms with E-state index in [1.165, 1.54) is 25.4 Å². The van der Waals surface area contributed by atoms with Crippen molar-refractivity contribution in [3.05, 3.63) is 53.6 Å². The largest absolute Gasteiger partial charge is 0.496 e. The molecule has 2 aliphatic heterocycles. The van der Waals surface area contributed by atoms with E-state index in [0.717, 1.165) is 30.5 Å². The number of aromatic amines is 1. The molecular weight excluding hydrogens is 411 g/mol. The van der Waals surface area contributed by atoms with E-state index in [1.54, 1.807) is 6.07 Å². The molecule has 0 radical (unpaired) electrons. The number of nitrogens with one attached hydrogen (secondary N) is 1. The Kier molecular flexibility index (Phi) is 4.91. The summed E-state index contributed by atoms with van der Waals surface area (Å²) in [7, 11) is 1.51. The summed E-state index contributed by atoms with van der Waals surface area (Å²) >= 11 is 0. The lowest BCUT2D eigenvalue weighted by molar-refractivity contribution is -0.138. The molecular formula is C24H21FN4O3. The van der Waals surface area contributed by atoms with Crippen LogP contribution in [0.15, 0.2) is 36.5 Å². The molecule has 5 rings (SSSR count). The maximum absolute atomic E-state index is 14.1. The van der Waals surface area contributed by atoms with Gasteiger partial charge in [0.05, 0.1) is 19.2 Å². The Morgan fingerprint density at radius 1 is 1.41 bits per heavy atom. The number of benzene rings is 1. The van der Waals surface area contributed by atoms with E-state index in [2.05, 4.69) is 22.1 Å². The molecule has 1 saturated heterocycles. The molecule has 3 aromatic rings. The lowest BCUT2D eigenvalue weighted by atomic mass is 9.96. The number of halogens is 1. The highest BCUT2D eigenvalue weighted by molar-refractivity contribution is 5.99. The van der Waals surface area contributed by atoms with Crippen molar-refractivity contribution in [2.45, 2.75) is 31.3 Å². The predicted octanol–water partition coefficient (Wildman–Crippen LogP) is 3.95. The Balaban J connectivity index is 1.62. The number of pyridine rings is 1. The molecule has 162 valence electrons. The van der Waals surface area contributed by atoms with Gasteiger partial charge < -0.3 is 14.8 Å². The third-order valence-corrected chi connectivity index (χ3v) is 6.41. The number of carboxylic acid groups (broad SMARTS) is 1. The lowest BCUT2D eigenvalue weighted by Crippen LogP contribution is -2.41. The van der Waals surface area contributed by atoms with Crippen molar-refractivity contribution in [3.8, 4) is 22.9 Å². The number of aromatic nitrogens is 2. The van der Waals surface area contributed by atoms with E-state index < -0.39 is 11.8 Å². The van der Waals surface area contributed by atoms with Crippen LogP contribution < -0.4 is 4.74 Å². The van der Waals surface area contributed by atoms with Crippen molar-refractivity contribution in [1.82, 2.24) is 14.9 Å². The molecule has 0 aliphatic carbocycles. The summed E-state index contributed by atoms with van der Waals surface area (Å²) in [5.41, 5.74) is 3.98.